The van der Waals surface area contributed by atoms with Crippen molar-refractivity contribution >= 4 is 29.2 Å². The molecule has 0 N–H and O–H groups in total. The molecule has 0 radical (unpaired) electrons. The van der Waals surface area contributed by atoms with Crippen LogP contribution in [0, 0.1) is 6.92 Å². The molecular formula is C13H12Cl2N2O2. The normalized spacial score (nSPS) is 10.5. The Kier molecular flexibility index (Phi) is 4.12. The number of hydrogen-bond donors (Lipinski definition) is 0. The molecule has 0 saturated carbocycles. The van der Waals surface area contributed by atoms with Crippen LogP contribution in [-0.2, 0) is 11.3 Å². The van der Waals surface area contributed by atoms with E-state index in [-0.39, 0.29) is 0 Å². The number of aryl methyl sites for hydroxylation is 1. The molecule has 1 aromatic carbocycles. The third kappa shape index (κ3) is 2.91. The van der Waals surface area contributed by atoms with Gasteiger partial charge in [0.05, 0.1) is 23.4 Å². The third-order valence-electron chi connectivity index (χ3n) is 2.77. The van der Waals surface area contributed by atoms with Gasteiger partial charge in [0, 0.05) is 6.54 Å². The van der Waals surface area contributed by atoms with E-state index < -0.39 is 5.97 Å². The second kappa shape index (κ2) is 5.63. The van der Waals surface area contributed by atoms with Gasteiger partial charge in [-0.2, -0.15) is 0 Å². The summed E-state index contributed by atoms with van der Waals surface area (Å²) in [5, 5.41) is 0.984. The predicted octanol–water partition coefficient (Wildman–Crippen LogP) is 3.33. The van der Waals surface area contributed by atoms with E-state index in [0.29, 0.717) is 22.3 Å². The van der Waals surface area contributed by atoms with Crippen LogP contribution in [0.25, 0.3) is 0 Å². The summed E-state index contributed by atoms with van der Waals surface area (Å²) in [6.07, 6.45) is 1.50. The molecule has 2 aromatic rings. The van der Waals surface area contributed by atoms with Gasteiger partial charge < -0.3 is 9.30 Å². The lowest BCUT2D eigenvalue weighted by molar-refractivity contribution is 0.0588. The highest BCUT2D eigenvalue weighted by molar-refractivity contribution is 6.42. The molecule has 0 fully saturated rings. The van der Waals surface area contributed by atoms with Crippen LogP contribution in [0.1, 0.15) is 21.9 Å². The lowest BCUT2D eigenvalue weighted by Gasteiger charge is -2.09. The Bertz CT molecular complexity index is 623. The maximum Gasteiger partial charge on any atom is 0.356 e. The van der Waals surface area contributed by atoms with Crippen LogP contribution in [0.2, 0.25) is 10.0 Å². The molecule has 100 valence electrons. The predicted molar refractivity (Wildman–Crippen MR) is 73.9 cm³/mol. The van der Waals surface area contributed by atoms with Crippen LogP contribution in [0.4, 0.5) is 0 Å². The van der Waals surface area contributed by atoms with E-state index in [4.69, 9.17) is 27.9 Å². The Hall–Kier alpha value is -1.52. The highest BCUT2D eigenvalue weighted by atomic mass is 35.5. The van der Waals surface area contributed by atoms with Crippen molar-refractivity contribution in [2.45, 2.75) is 13.5 Å². The first-order valence-corrected chi connectivity index (χ1v) is 6.33. The number of nitrogens with zero attached hydrogens (tertiary/aromatic N) is 2. The maximum absolute atomic E-state index is 11.6. The average molecular weight is 299 g/mol. The number of ether oxygens (including phenoxy) is 1. The summed E-state index contributed by atoms with van der Waals surface area (Å²) in [5.41, 5.74) is 1.34. The number of methoxy groups -OCH3 is 1. The summed E-state index contributed by atoms with van der Waals surface area (Å²) >= 11 is 11.8. The molecule has 0 saturated heterocycles. The zero-order valence-electron chi connectivity index (χ0n) is 10.5. The van der Waals surface area contributed by atoms with Gasteiger partial charge in [0.25, 0.3) is 0 Å². The SMILES string of the molecule is COC(=O)c1cnc(C)n1Cc1ccc(Cl)c(Cl)c1. The van der Waals surface area contributed by atoms with Crippen molar-refractivity contribution in [2.24, 2.45) is 0 Å². The molecule has 0 spiro atoms. The molecule has 0 unspecified atom stereocenters. The van der Waals surface area contributed by atoms with Gasteiger partial charge >= 0.3 is 5.97 Å². The van der Waals surface area contributed by atoms with E-state index in [1.54, 1.807) is 16.7 Å². The summed E-state index contributed by atoms with van der Waals surface area (Å²) in [4.78, 5) is 15.8. The molecular weight excluding hydrogens is 287 g/mol. The van der Waals surface area contributed by atoms with E-state index in [1.165, 1.54) is 13.3 Å². The molecule has 0 atom stereocenters. The Morgan fingerprint density at radius 1 is 1.37 bits per heavy atom. The molecule has 2 rings (SSSR count). The largest absolute Gasteiger partial charge is 0.464 e. The van der Waals surface area contributed by atoms with Gasteiger partial charge in [-0.1, -0.05) is 29.3 Å². The van der Waals surface area contributed by atoms with Crippen molar-refractivity contribution in [3.8, 4) is 0 Å². The molecule has 0 amide bonds. The zero-order valence-corrected chi connectivity index (χ0v) is 12.0. The number of benzene rings is 1. The first-order valence-electron chi connectivity index (χ1n) is 5.57. The van der Waals surface area contributed by atoms with Crippen LogP contribution < -0.4 is 0 Å². The Morgan fingerprint density at radius 3 is 2.74 bits per heavy atom. The number of rotatable bonds is 3. The van der Waals surface area contributed by atoms with Gasteiger partial charge in [0.1, 0.15) is 11.5 Å². The second-order valence-electron chi connectivity index (χ2n) is 4.02. The first-order chi connectivity index (χ1) is 9.02. The van der Waals surface area contributed by atoms with E-state index >= 15 is 0 Å². The minimum atomic E-state index is -0.416. The van der Waals surface area contributed by atoms with Crippen LogP contribution in [-0.4, -0.2) is 22.6 Å². The van der Waals surface area contributed by atoms with Crippen molar-refractivity contribution in [1.82, 2.24) is 9.55 Å². The quantitative estimate of drug-likeness (QED) is 0.817. The lowest BCUT2D eigenvalue weighted by Crippen LogP contribution is -2.12. The van der Waals surface area contributed by atoms with Crippen LogP contribution in [0.15, 0.2) is 24.4 Å². The van der Waals surface area contributed by atoms with Gasteiger partial charge in [-0.3, -0.25) is 0 Å². The monoisotopic (exact) mass is 298 g/mol. The van der Waals surface area contributed by atoms with Gasteiger partial charge in [-0.05, 0) is 24.6 Å². The molecule has 0 aliphatic rings. The Morgan fingerprint density at radius 2 is 2.11 bits per heavy atom. The van der Waals surface area contributed by atoms with Crippen LogP contribution in [0.5, 0.6) is 0 Å². The maximum atomic E-state index is 11.6. The van der Waals surface area contributed by atoms with Crippen molar-refractivity contribution in [2.75, 3.05) is 7.11 Å². The number of imidazole rings is 1. The molecule has 19 heavy (non-hydrogen) atoms. The average Bonchev–Trinajstić information content (AvgIpc) is 2.75. The number of esters is 1. The second-order valence-corrected chi connectivity index (χ2v) is 4.83. The van der Waals surface area contributed by atoms with Crippen molar-refractivity contribution < 1.29 is 9.53 Å². The number of carbonyl (C=O) groups is 1. The molecule has 6 heteroatoms. The van der Waals surface area contributed by atoms with Gasteiger partial charge in [-0.25, -0.2) is 9.78 Å². The Balaban J connectivity index is 2.35. The topological polar surface area (TPSA) is 44.1 Å². The van der Waals surface area contributed by atoms with E-state index in [2.05, 4.69) is 4.98 Å². The van der Waals surface area contributed by atoms with Gasteiger partial charge in [0.2, 0.25) is 0 Å². The lowest BCUT2D eigenvalue weighted by atomic mass is 10.2. The standard InChI is InChI=1S/C13H12Cl2N2O2/c1-8-16-6-12(13(18)19-2)17(8)7-9-3-4-10(14)11(15)5-9/h3-6H,7H2,1-2H3. The highest BCUT2D eigenvalue weighted by Gasteiger charge is 2.15. The summed E-state index contributed by atoms with van der Waals surface area (Å²) < 4.78 is 6.49. The first kappa shape index (κ1) is 13.9. The van der Waals surface area contributed by atoms with E-state index in [9.17, 15) is 4.79 Å². The van der Waals surface area contributed by atoms with Crippen molar-refractivity contribution in [1.29, 1.82) is 0 Å². The molecule has 0 aliphatic heterocycles. The van der Waals surface area contributed by atoms with E-state index in [1.807, 2.05) is 13.0 Å². The van der Waals surface area contributed by atoms with Gasteiger partial charge in [0.15, 0.2) is 0 Å². The van der Waals surface area contributed by atoms with Crippen molar-refractivity contribution in [3.63, 3.8) is 0 Å². The third-order valence-corrected chi connectivity index (χ3v) is 3.51. The summed E-state index contributed by atoms with van der Waals surface area (Å²) in [6, 6.07) is 5.35. The van der Waals surface area contributed by atoms with Crippen LogP contribution in [0.3, 0.4) is 0 Å². The fourth-order valence-corrected chi connectivity index (χ4v) is 2.08. The molecule has 0 bridgehead atoms. The highest BCUT2D eigenvalue weighted by Crippen LogP contribution is 2.23. The number of halogens is 2. The smallest absolute Gasteiger partial charge is 0.356 e. The van der Waals surface area contributed by atoms with Gasteiger partial charge in [-0.15, -0.1) is 0 Å². The summed E-state index contributed by atoms with van der Waals surface area (Å²) in [5.74, 6) is 0.312. The minimum Gasteiger partial charge on any atom is -0.464 e. The molecule has 1 aromatic heterocycles. The number of hydrogen-bond acceptors (Lipinski definition) is 3. The van der Waals surface area contributed by atoms with Crippen LogP contribution >= 0.6 is 23.2 Å². The fourth-order valence-electron chi connectivity index (χ4n) is 1.76. The fraction of sp³-hybridized carbons (Fsp3) is 0.231. The molecule has 4 nitrogen and oxygen atoms in total. The van der Waals surface area contributed by atoms with E-state index in [0.717, 1.165) is 11.4 Å². The summed E-state index contributed by atoms with van der Waals surface area (Å²) in [6.45, 7) is 2.30. The number of carbonyl (C=O) groups excluding carboxylic acids is 1. The minimum absolute atomic E-state index is 0.408. The summed E-state index contributed by atoms with van der Waals surface area (Å²) in [7, 11) is 1.34. The Labute approximate surface area is 120 Å². The zero-order chi connectivity index (χ0) is 14.0. The molecule has 0 aliphatic carbocycles. The number of aromatic nitrogens is 2. The molecule has 1 heterocycles. The van der Waals surface area contributed by atoms with Crippen molar-refractivity contribution in [3.05, 3.63) is 51.5 Å².